The summed E-state index contributed by atoms with van der Waals surface area (Å²) in [6.45, 7) is 3.52. The largest absolute Gasteiger partial charge is 0.397 e. The minimum absolute atomic E-state index is 0.222. The number of hydrogen-bond acceptors (Lipinski definition) is 4. The zero-order valence-electron chi connectivity index (χ0n) is 9.70. The van der Waals surface area contributed by atoms with E-state index in [1.165, 1.54) is 11.3 Å². The van der Waals surface area contributed by atoms with Crippen LogP contribution in [0.1, 0.15) is 23.5 Å². The maximum absolute atomic E-state index is 11.6. The summed E-state index contributed by atoms with van der Waals surface area (Å²) >= 11 is 1.30. The van der Waals surface area contributed by atoms with E-state index >= 15 is 0 Å². The third-order valence-corrected chi connectivity index (χ3v) is 2.62. The fourth-order valence-electron chi connectivity index (χ4n) is 0.880. The molecule has 1 aromatic heterocycles. The van der Waals surface area contributed by atoms with Crippen LogP contribution in [0, 0.1) is 12.3 Å². The lowest BCUT2D eigenvalue weighted by Crippen LogP contribution is -2.41. The number of nitrogens with two attached hydrogens (primary N) is 1. The smallest absolute Gasteiger partial charge is 0.264 e. The number of thiophene rings is 1. The van der Waals surface area contributed by atoms with Gasteiger partial charge in [0.05, 0.1) is 11.2 Å². The molecule has 0 aliphatic carbocycles. The summed E-state index contributed by atoms with van der Waals surface area (Å²) in [5.74, 6) is 2.26. The van der Waals surface area contributed by atoms with Crippen molar-refractivity contribution in [1.82, 2.24) is 5.32 Å². The van der Waals surface area contributed by atoms with Crippen LogP contribution in [0.4, 0.5) is 5.69 Å². The lowest BCUT2D eigenvalue weighted by Gasteiger charge is -2.18. The van der Waals surface area contributed by atoms with Gasteiger partial charge in [0.25, 0.3) is 5.91 Å². The van der Waals surface area contributed by atoms with E-state index in [1.54, 1.807) is 25.3 Å². The predicted octanol–water partition coefficient (Wildman–Crippen LogP) is 2.51. The molecule has 100 valence electrons. The zero-order chi connectivity index (χ0) is 14.3. The molecule has 0 saturated heterocycles. The molecule has 3 N–H and O–H groups in total. The van der Waals surface area contributed by atoms with Gasteiger partial charge in [-0.25, -0.2) is 4.21 Å². The van der Waals surface area contributed by atoms with Gasteiger partial charge in [0.15, 0.2) is 0 Å². The number of carbonyl (C=O) groups is 1. The number of halogens is 2. The van der Waals surface area contributed by atoms with Gasteiger partial charge in [-0.3, -0.25) is 4.79 Å². The second-order valence-electron chi connectivity index (χ2n) is 3.61. The van der Waals surface area contributed by atoms with Gasteiger partial charge in [-0.1, -0.05) is 5.92 Å². The fraction of sp³-hybridized carbons (Fsp3) is 0.300. The second kappa shape index (κ2) is 7.64. The average Bonchev–Trinajstić information content (AvgIpc) is 2.63. The Bertz CT molecular complexity index is 476. The number of amides is 1. The van der Waals surface area contributed by atoms with Gasteiger partial charge in [-0.15, -0.1) is 17.8 Å². The lowest BCUT2D eigenvalue weighted by molar-refractivity contribution is 0.0935. The van der Waals surface area contributed by atoms with Gasteiger partial charge >= 0.3 is 0 Å². The summed E-state index contributed by atoms with van der Waals surface area (Å²) in [7, 11) is 7.36. The zero-order valence-corrected chi connectivity index (χ0v) is 12.8. The summed E-state index contributed by atoms with van der Waals surface area (Å²) in [5.41, 5.74) is 5.44. The molecule has 0 aromatic carbocycles. The molecule has 1 aromatic rings. The summed E-state index contributed by atoms with van der Waals surface area (Å²) in [6, 6.07) is 1.70. The van der Waals surface area contributed by atoms with Crippen LogP contribution in [0.3, 0.4) is 0 Å². The topological polar surface area (TPSA) is 72.2 Å². The Morgan fingerprint density at radius 2 is 2.11 bits per heavy atom. The quantitative estimate of drug-likeness (QED) is 0.648. The highest BCUT2D eigenvalue weighted by atomic mass is 36.0. The molecule has 1 rings (SSSR count). The molecule has 0 aliphatic heterocycles. The van der Waals surface area contributed by atoms with E-state index in [-0.39, 0.29) is 5.91 Å². The number of carbonyl (C=O) groups excluding carboxylic acids is 1. The van der Waals surface area contributed by atoms with Gasteiger partial charge in [0.1, 0.15) is 4.88 Å². The van der Waals surface area contributed by atoms with Crippen molar-refractivity contribution in [3.05, 3.63) is 16.3 Å². The molecule has 0 fully saturated rings. The van der Waals surface area contributed by atoms with Gasteiger partial charge in [-0.2, -0.15) is 0 Å². The SMILES string of the molecule is C#CC(C)(C)NC(=O)c1sccc1N.O=S(Cl)Cl. The molecular weight excluding hydrogens is 315 g/mol. The molecule has 0 radical (unpaired) electrons. The fourth-order valence-corrected chi connectivity index (χ4v) is 1.59. The number of anilines is 1. The Morgan fingerprint density at radius 3 is 2.44 bits per heavy atom. The van der Waals surface area contributed by atoms with E-state index in [2.05, 4.69) is 32.6 Å². The maximum Gasteiger partial charge on any atom is 0.264 e. The van der Waals surface area contributed by atoms with E-state index < -0.39 is 14.8 Å². The average molecular weight is 327 g/mol. The predicted molar refractivity (Wildman–Crippen MR) is 79.0 cm³/mol. The maximum atomic E-state index is 11.6. The van der Waals surface area contributed by atoms with Crippen LogP contribution in [-0.2, 0) is 9.23 Å². The number of nitrogens with one attached hydrogen (secondary N) is 1. The van der Waals surface area contributed by atoms with Crippen molar-refractivity contribution in [2.75, 3.05) is 5.73 Å². The highest BCUT2D eigenvalue weighted by molar-refractivity contribution is 8.26. The van der Waals surface area contributed by atoms with E-state index in [0.717, 1.165) is 0 Å². The molecule has 1 heterocycles. The van der Waals surface area contributed by atoms with E-state index in [9.17, 15) is 4.79 Å². The molecule has 0 aliphatic rings. The minimum Gasteiger partial charge on any atom is -0.397 e. The molecule has 0 unspecified atom stereocenters. The van der Waals surface area contributed by atoms with Crippen molar-refractivity contribution in [2.24, 2.45) is 0 Å². The number of rotatable bonds is 2. The lowest BCUT2D eigenvalue weighted by atomic mass is 10.1. The number of nitrogen functional groups attached to an aromatic ring is 1. The molecule has 1 amide bonds. The molecule has 0 bridgehead atoms. The first kappa shape index (κ1) is 17.3. The number of terminal acetylenes is 1. The molecule has 0 saturated carbocycles. The monoisotopic (exact) mass is 326 g/mol. The van der Waals surface area contributed by atoms with Crippen molar-refractivity contribution >= 4 is 53.5 Å². The van der Waals surface area contributed by atoms with Crippen LogP contribution >= 0.6 is 32.7 Å². The van der Waals surface area contributed by atoms with Crippen molar-refractivity contribution in [2.45, 2.75) is 19.4 Å². The van der Waals surface area contributed by atoms with Crippen LogP contribution in [0.15, 0.2) is 11.4 Å². The van der Waals surface area contributed by atoms with E-state index in [0.29, 0.717) is 10.6 Å². The van der Waals surface area contributed by atoms with Gasteiger partial charge < -0.3 is 11.1 Å². The molecule has 4 nitrogen and oxygen atoms in total. The number of hydrogen-bond donors (Lipinski definition) is 2. The molecular formula is C10H12Cl2N2O2S2. The Labute approximate surface area is 121 Å². The van der Waals surface area contributed by atoms with Crippen LogP contribution < -0.4 is 11.1 Å². The summed E-state index contributed by atoms with van der Waals surface area (Å²) in [6.07, 6.45) is 5.25. The van der Waals surface area contributed by atoms with Crippen molar-refractivity contribution < 1.29 is 9.00 Å². The molecule has 0 atom stereocenters. The van der Waals surface area contributed by atoms with E-state index in [1.807, 2.05) is 0 Å². The Balaban J connectivity index is 0.000000631. The van der Waals surface area contributed by atoms with Crippen molar-refractivity contribution in [3.8, 4) is 12.3 Å². The van der Waals surface area contributed by atoms with Crippen LogP contribution in [0.25, 0.3) is 0 Å². The Hall–Kier alpha value is -0.740. The van der Waals surface area contributed by atoms with Crippen molar-refractivity contribution in [1.29, 1.82) is 0 Å². The standard InChI is InChI=1S/C10H12N2OS.Cl2OS/c1-4-10(2,3)12-9(13)8-7(11)5-6-14-8;1-4(2)3/h1,5-6H,11H2,2-3H3,(H,12,13);. The van der Waals surface area contributed by atoms with Gasteiger partial charge in [0.2, 0.25) is 9.23 Å². The highest BCUT2D eigenvalue weighted by Crippen LogP contribution is 2.19. The first-order chi connectivity index (χ1) is 8.19. The highest BCUT2D eigenvalue weighted by Gasteiger charge is 2.20. The molecule has 8 heteroatoms. The third-order valence-electron chi connectivity index (χ3n) is 1.69. The minimum atomic E-state index is -1.67. The first-order valence-electron chi connectivity index (χ1n) is 4.57. The third kappa shape index (κ3) is 6.87. The van der Waals surface area contributed by atoms with Gasteiger partial charge in [-0.05, 0) is 25.3 Å². The summed E-state index contributed by atoms with van der Waals surface area (Å²) < 4.78 is 9.09. The first-order valence-corrected chi connectivity index (χ1v) is 8.25. The van der Waals surface area contributed by atoms with Crippen LogP contribution in [0.2, 0.25) is 0 Å². The second-order valence-corrected chi connectivity index (χ2v) is 7.05. The Morgan fingerprint density at radius 1 is 1.61 bits per heavy atom. The summed E-state index contributed by atoms with van der Waals surface area (Å²) in [5, 5.41) is 4.48. The van der Waals surface area contributed by atoms with E-state index in [4.69, 9.17) is 16.4 Å². The summed E-state index contributed by atoms with van der Waals surface area (Å²) in [4.78, 5) is 12.1. The van der Waals surface area contributed by atoms with Crippen LogP contribution in [-0.4, -0.2) is 15.7 Å². The van der Waals surface area contributed by atoms with Crippen molar-refractivity contribution in [3.63, 3.8) is 0 Å². The Kier molecular flexibility index (Phi) is 7.33. The van der Waals surface area contributed by atoms with Crippen LogP contribution in [0.5, 0.6) is 0 Å². The van der Waals surface area contributed by atoms with Gasteiger partial charge in [0, 0.05) is 21.4 Å². The molecule has 18 heavy (non-hydrogen) atoms. The molecule has 0 spiro atoms. The normalized spacial score (nSPS) is 10.2.